The van der Waals surface area contributed by atoms with Gasteiger partial charge in [0.2, 0.25) is 0 Å². The van der Waals surface area contributed by atoms with E-state index in [0.717, 1.165) is 11.3 Å². The van der Waals surface area contributed by atoms with E-state index in [1.165, 1.54) is 12.2 Å². The number of aliphatic hydroxyl groups excluding tert-OH is 1. The highest BCUT2D eigenvalue weighted by Gasteiger charge is 2.02. The number of carbonyl (C=O) groups excluding carboxylic acids is 1. The first-order valence-corrected chi connectivity index (χ1v) is 6.89. The predicted octanol–water partition coefficient (Wildman–Crippen LogP) is 2.08. The molecule has 0 aromatic heterocycles. The van der Waals surface area contributed by atoms with Crippen LogP contribution < -0.4 is 4.74 Å². The van der Waals surface area contributed by atoms with Crippen LogP contribution >= 0.6 is 0 Å². The molecule has 0 saturated carbocycles. The Hall–Kier alpha value is -1.85. The third-order valence-electron chi connectivity index (χ3n) is 2.73. The molecule has 0 radical (unpaired) electrons. The normalized spacial score (nSPS) is 12.3. The number of hydrogen-bond acceptors (Lipinski definition) is 5. The minimum absolute atomic E-state index is 0.324. The fourth-order valence-electron chi connectivity index (χ4n) is 1.59. The lowest BCUT2D eigenvalue weighted by atomic mass is 10.2. The van der Waals surface area contributed by atoms with Crippen LogP contribution in [0.4, 0.5) is 0 Å². The fourth-order valence-corrected chi connectivity index (χ4v) is 1.59. The third-order valence-corrected chi connectivity index (χ3v) is 2.73. The van der Waals surface area contributed by atoms with Gasteiger partial charge in [-0.25, -0.2) is 4.79 Å². The summed E-state index contributed by atoms with van der Waals surface area (Å²) in [6.45, 7) is 2.93. The van der Waals surface area contributed by atoms with E-state index in [9.17, 15) is 9.90 Å². The summed E-state index contributed by atoms with van der Waals surface area (Å²) in [6, 6.07) is 7.59. The van der Waals surface area contributed by atoms with Crippen molar-refractivity contribution in [2.45, 2.75) is 26.1 Å². The van der Waals surface area contributed by atoms with Gasteiger partial charge in [-0.15, -0.1) is 0 Å². The maximum atomic E-state index is 11.1. The standard InChI is InChI=1S/C16H22O5/c1-3-21-16(18)9-6-14(17)10-11-20-12-13-4-7-15(19-2)8-5-13/h4-9,14,17H,3,10-12H2,1-2H3/b9-6+/t14-/m0/s1. The lowest BCUT2D eigenvalue weighted by Crippen LogP contribution is -2.09. The molecule has 0 spiro atoms. The van der Waals surface area contributed by atoms with E-state index in [4.69, 9.17) is 14.2 Å². The lowest BCUT2D eigenvalue weighted by Gasteiger charge is -2.07. The number of methoxy groups -OCH3 is 1. The Bertz CT molecular complexity index is 438. The molecule has 0 bridgehead atoms. The summed E-state index contributed by atoms with van der Waals surface area (Å²) >= 11 is 0. The highest BCUT2D eigenvalue weighted by molar-refractivity contribution is 5.81. The molecule has 0 aliphatic carbocycles. The van der Waals surface area contributed by atoms with Crippen molar-refractivity contribution in [3.05, 3.63) is 42.0 Å². The molecule has 5 nitrogen and oxygen atoms in total. The number of aliphatic hydroxyl groups is 1. The van der Waals surface area contributed by atoms with Gasteiger partial charge in [0.25, 0.3) is 0 Å². The van der Waals surface area contributed by atoms with Crippen molar-refractivity contribution >= 4 is 5.97 Å². The molecule has 1 N–H and O–H groups in total. The van der Waals surface area contributed by atoms with E-state index in [-0.39, 0.29) is 0 Å². The fraction of sp³-hybridized carbons (Fsp3) is 0.438. The number of rotatable bonds is 9. The first-order chi connectivity index (χ1) is 10.2. The highest BCUT2D eigenvalue weighted by Crippen LogP contribution is 2.12. The minimum atomic E-state index is -0.717. The summed E-state index contributed by atoms with van der Waals surface area (Å²) in [6.07, 6.45) is 2.35. The van der Waals surface area contributed by atoms with Crippen LogP contribution in [0.2, 0.25) is 0 Å². The summed E-state index contributed by atoms with van der Waals surface area (Å²) in [4.78, 5) is 11.1. The van der Waals surface area contributed by atoms with Crippen LogP contribution in [0.5, 0.6) is 5.75 Å². The molecule has 5 heteroatoms. The number of ether oxygens (including phenoxy) is 3. The van der Waals surface area contributed by atoms with Gasteiger partial charge in [0.05, 0.1) is 26.4 Å². The summed E-state index contributed by atoms with van der Waals surface area (Å²) in [7, 11) is 1.62. The first kappa shape index (κ1) is 17.2. The Morgan fingerprint density at radius 2 is 2.05 bits per heavy atom. The number of hydrogen-bond donors (Lipinski definition) is 1. The maximum Gasteiger partial charge on any atom is 0.330 e. The SMILES string of the molecule is CCOC(=O)/C=C/[C@H](O)CCOCc1ccc(OC)cc1. The zero-order valence-electron chi connectivity index (χ0n) is 12.5. The second kappa shape index (κ2) is 9.96. The van der Waals surface area contributed by atoms with Crippen LogP contribution in [0.1, 0.15) is 18.9 Å². The zero-order chi connectivity index (χ0) is 15.5. The molecule has 21 heavy (non-hydrogen) atoms. The molecule has 0 unspecified atom stereocenters. The molecule has 0 amide bonds. The average Bonchev–Trinajstić information content (AvgIpc) is 2.50. The first-order valence-electron chi connectivity index (χ1n) is 6.89. The number of benzene rings is 1. The average molecular weight is 294 g/mol. The largest absolute Gasteiger partial charge is 0.497 e. The van der Waals surface area contributed by atoms with E-state index in [0.29, 0.717) is 26.2 Å². The second-order valence-corrected chi connectivity index (χ2v) is 4.37. The van der Waals surface area contributed by atoms with Crippen LogP contribution in [-0.2, 0) is 20.9 Å². The molecular weight excluding hydrogens is 272 g/mol. The van der Waals surface area contributed by atoms with Crippen molar-refractivity contribution in [1.29, 1.82) is 0 Å². The van der Waals surface area contributed by atoms with Gasteiger partial charge >= 0.3 is 5.97 Å². The van der Waals surface area contributed by atoms with Crippen molar-refractivity contribution in [2.24, 2.45) is 0 Å². The zero-order valence-corrected chi connectivity index (χ0v) is 12.5. The van der Waals surface area contributed by atoms with Crippen LogP contribution in [-0.4, -0.2) is 37.5 Å². The monoisotopic (exact) mass is 294 g/mol. The molecule has 0 saturated heterocycles. The van der Waals surface area contributed by atoms with Crippen molar-refractivity contribution in [3.8, 4) is 5.75 Å². The van der Waals surface area contributed by atoms with Crippen LogP contribution in [0.25, 0.3) is 0 Å². The van der Waals surface area contributed by atoms with Crippen molar-refractivity contribution < 1.29 is 24.1 Å². The van der Waals surface area contributed by atoms with Crippen molar-refractivity contribution in [3.63, 3.8) is 0 Å². The Morgan fingerprint density at radius 1 is 1.33 bits per heavy atom. The topological polar surface area (TPSA) is 65.0 Å². The Morgan fingerprint density at radius 3 is 2.67 bits per heavy atom. The molecule has 0 aliphatic heterocycles. The summed E-state index contributed by atoms with van der Waals surface area (Å²) in [5.74, 6) is 0.356. The van der Waals surface area contributed by atoms with E-state index in [1.54, 1.807) is 14.0 Å². The molecule has 1 atom stereocenters. The van der Waals surface area contributed by atoms with Gasteiger partial charge in [0.15, 0.2) is 0 Å². The lowest BCUT2D eigenvalue weighted by molar-refractivity contribution is -0.137. The Balaban J connectivity index is 2.19. The van der Waals surface area contributed by atoms with Crippen LogP contribution in [0, 0.1) is 0 Å². The Labute approximate surface area is 125 Å². The Kier molecular flexibility index (Phi) is 8.16. The van der Waals surface area contributed by atoms with Gasteiger partial charge in [0, 0.05) is 19.1 Å². The molecule has 0 aliphatic rings. The van der Waals surface area contributed by atoms with E-state index in [1.807, 2.05) is 24.3 Å². The molecular formula is C16H22O5. The molecule has 0 fully saturated rings. The molecule has 116 valence electrons. The van der Waals surface area contributed by atoms with Crippen molar-refractivity contribution in [1.82, 2.24) is 0 Å². The van der Waals surface area contributed by atoms with Crippen LogP contribution in [0.3, 0.4) is 0 Å². The van der Waals surface area contributed by atoms with Gasteiger partial charge in [-0.2, -0.15) is 0 Å². The molecule has 1 aromatic carbocycles. The summed E-state index contributed by atoms with van der Waals surface area (Å²) < 4.78 is 15.3. The minimum Gasteiger partial charge on any atom is -0.497 e. The molecule has 1 rings (SSSR count). The second-order valence-electron chi connectivity index (χ2n) is 4.37. The summed E-state index contributed by atoms with van der Waals surface area (Å²) in [5.41, 5.74) is 1.03. The van der Waals surface area contributed by atoms with Gasteiger partial charge in [-0.05, 0) is 30.7 Å². The highest BCUT2D eigenvalue weighted by atomic mass is 16.5. The van der Waals surface area contributed by atoms with Gasteiger partial charge < -0.3 is 19.3 Å². The van der Waals surface area contributed by atoms with E-state index in [2.05, 4.69) is 0 Å². The van der Waals surface area contributed by atoms with Gasteiger partial charge in [0.1, 0.15) is 5.75 Å². The third kappa shape index (κ3) is 7.48. The van der Waals surface area contributed by atoms with E-state index >= 15 is 0 Å². The maximum absolute atomic E-state index is 11.1. The van der Waals surface area contributed by atoms with E-state index < -0.39 is 12.1 Å². The van der Waals surface area contributed by atoms with Gasteiger partial charge in [-0.1, -0.05) is 12.1 Å². The van der Waals surface area contributed by atoms with Crippen molar-refractivity contribution in [2.75, 3.05) is 20.3 Å². The number of carbonyl (C=O) groups is 1. The molecule has 0 heterocycles. The quantitative estimate of drug-likeness (QED) is 0.429. The smallest absolute Gasteiger partial charge is 0.330 e. The molecule has 1 aromatic rings. The number of esters is 1. The van der Waals surface area contributed by atoms with Crippen LogP contribution in [0.15, 0.2) is 36.4 Å². The predicted molar refractivity (Wildman–Crippen MR) is 79.0 cm³/mol. The summed E-state index contributed by atoms with van der Waals surface area (Å²) in [5, 5.41) is 9.64. The van der Waals surface area contributed by atoms with Gasteiger partial charge in [-0.3, -0.25) is 0 Å².